The molecular formula is C15H25NOS. The zero-order valence-electron chi connectivity index (χ0n) is 12.0. The van der Waals surface area contributed by atoms with Gasteiger partial charge < -0.3 is 5.32 Å². The van der Waals surface area contributed by atoms with E-state index in [0.29, 0.717) is 11.8 Å². The molecule has 0 heterocycles. The first-order valence-corrected chi connectivity index (χ1v) is 8.09. The summed E-state index contributed by atoms with van der Waals surface area (Å²) in [4.78, 5) is 0.992. The van der Waals surface area contributed by atoms with Crippen molar-refractivity contribution in [3.05, 3.63) is 29.3 Å². The monoisotopic (exact) mass is 267 g/mol. The summed E-state index contributed by atoms with van der Waals surface area (Å²) in [6.07, 6.45) is 2.14. The van der Waals surface area contributed by atoms with Crippen molar-refractivity contribution in [1.82, 2.24) is 5.32 Å². The van der Waals surface area contributed by atoms with Crippen LogP contribution < -0.4 is 5.32 Å². The van der Waals surface area contributed by atoms with E-state index in [-0.39, 0.29) is 0 Å². The van der Waals surface area contributed by atoms with Crippen LogP contribution in [0, 0.1) is 13.8 Å². The van der Waals surface area contributed by atoms with Crippen LogP contribution in [0.15, 0.2) is 23.1 Å². The molecule has 0 aliphatic heterocycles. The highest BCUT2D eigenvalue weighted by atomic mass is 32.2. The lowest BCUT2D eigenvalue weighted by Crippen LogP contribution is -2.34. The van der Waals surface area contributed by atoms with Gasteiger partial charge in [0.15, 0.2) is 0 Å². The van der Waals surface area contributed by atoms with Crippen molar-refractivity contribution in [2.45, 2.75) is 51.5 Å². The van der Waals surface area contributed by atoms with Gasteiger partial charge in [0.25, 0.3) is 0 Å². The third kappa shape index (κ3) is 4.54. The summed E-state index contributed by atoms with van der Waals surface area (Å²) in [7, 11) is -0.901. The molecule has 0 aliphatic carbocycles. The molecule has 2 atom stereocenters. The van der Waals surface area contributed by atoms with E-state index in [2.05, 4.69) is 37.4 Å². The average Bonchev–Trinajstić information content (AvgIpc) is 2.37. The fraction of sp³-hybridized carbons (Fsp3) is 0.600. The minimum Gasteiger partial charge on any atom is -0.313 e. The molecule has 0 saturated carbocycles. The third-order valence-corrected chi connectivity index (χ3v) is 4.75. The van der Waals surface area contributed by atoms with E-state index in [4.69, 9.17) is 0 Å². The van der Waals surface area contributed by atoms with Gasteiger partial charge in [0.1, 0.15) is 0 Å². The van der Waals surface area contributed by atoms with Crippen LogP contribution in [-0.2, 0) is 10.8 Å². The van der Waals surface area contributed by atoms with Crippen molar-refractivity contribution in [1.29, 1.82) is 0 Å². The minimum atomic E-state index is -0.901. The largest absolute Gasteiger partial charge is 0.313 e. The molecule has 1 rings (SSSR count). The van der Waals surface area contributed by atoms with E-state index in [1.165, 1.54) is 5.56 Å². The summed E-state index contributed by atoms with van der Waals surface area (Å²) in [5.41, 5.74) is 2.31. The Kier molecular flexibility index (Phi) is 6.58. The molecule has 1 N–H and O–H groups in total. The Morgan fingerprint density at radius 1 is 1.28 bits per heavy atom. The first-order valence-electron chi connectivity index (χ1n) is 6.77. The zero-order chi connectivity index (χ0) is 13.5. The SMILES string of the molecule is CCCNC(CC)CS(=O)c1cc(C)ccc1C. The molecule has 0 amide bonds. The molecule has 2 unspecified atom stereocenters. The van der Waals surface area contributed by atoms with E-state index < -0.39 is 10.8 Å². The van der Waals surface area contributed by atoms with Crippen LogP contribution in [0.25, 0.3) is 0 Å². The number of hydrogen-bond acceptors (Lipinski definition) is 2. The molecule has 0 radical (unpaired) electrons. The number of nitrogens with one attached hydrogen (secondary N) is 1. The summed E-state index contributed by atoms with van der Waals surface area (Å²) in [6, 6.07) is 6.54. The van der Waals surface area contributed by atoms with Gasteiger partial charge in [-0.25, -0.2) is 0 Å². The fourth-order valence-electron chi connectivity index (χ4n) is 1.89. The van der Waals surface area contributed by atoms with Crippen LogP contribution in [0.2, 0.25) is 0 Å². The molecule has 2 nitrogen and oxygen atoms in total. The second kappa shape index (κ2) is 7.70. The lowest BCUT2D eigenvalue weighted by atomic mass is 10.2. The van der Waals surface area contributed by atoms with Crippen molar-refractivity contribution in [3.8, 4) is 0 Å². The number of aryl methyl sites for hydroxylation is 2. The molecule has 0 bridgehead atoms. The van der Waals surface area contributed by atoms with Crippen LogP contribution in [0.4, 0.5) is 0 Å². The Bertz CT molecular complexity index is 403. The summed E-state index contributed by atoms with van der Waals surface area (Å²) in [5, 5.41) is 3.46. The molecule has 3 heteroatoms. The van der Waals surface area contributed by atoms with Gasteiger partial charge in [0.2, 0.25) is 0 Å². The van der Waals surface area contributed by atoms with Crippen molar-refractivity contribution in [3.63, 3.8) is 0 Å². The summed E-state index contributed by atoms with van der Waals surface area (Å²) < 4.78 is 12.4. The Morgan fingerprint density at radius 3 is 2.61 bits per heavy atom. The second-order valence-corrected chi connectivity index (χ2v) is 6.30. The van der Waals surface area contributed by atoms with Crippen molar-refractivity contribution < 1.29 is 4.21 Å². The second-order valence-electron chi connectivity index (χ2n) is 4.84. The maximum Gasteiger partial charge on any atom is 0.0548 e. The van der Waals surface area contributed by atoms with E-state index >= 15 is 0 Å². The maximum atomic E-state index is 12.4. The quantitative estimate of drug-likeness (QED) is 0.822. The van der Waals surface area contributed by atoms with Gasteiger partial charge in [-0.3, -0.25) is 4.21 Å². The van der Waals surface area contributed by atoms with Gasteiger partial charge in [-0.2, -0.15) is 0 Å². The summed E-state index contributed by atoms with van der Waals surface area (Å²) in [6.45, 7) is 9.39. The molecular weight excluding hydrogens is 242 g/mol. The Morgan fingerprint density at radius 2 is 2.00 bits per heavy atom. The Labute approximate surface area is 114 Å². The molecule has 0 spiro atoms. The predicted molar refractivity (Wildman–Crippen MR) is 79.6 cm³/mol. The number of rotatable bonds is 7. The number of hydrogen-bond donors (Lipinski definition) is 1. The molecule has 0 saturated heterocycles. The third-order valence-electron chi connectivity index (χ3n) is 3.12. The molecule has 102 valence electrons. The standard InChI is InChI=1S/C15H25NOS/c1-5-9-16-14(6-2)11-18(17)15-10-12(3)7-8-13(15)4/h7-8,10,14,16H,5-6,9,11H2,1-4H3. The van der Waals surface area contributed by atoms with Crippen molar-refractivity contribution >= 4 is 10.8 Å². The van der Waals surface area contributed by atoms with Crippen LogP contribution >= 0.6 is 0 Å². The zero-order valence-corrected chi connectivity index (χ0v) is 12.8. The van der Waals surface area contributed by atoms with E-state index in [9.17, 15) is 4.21 Å². The van der Waals surface area contributed by atoms with Gasteiger partial charge in [0, 0.05) is 16.7 Å². The number of benzene rings is 1. The smallest absolute Gasteiger partial charge is 0.0548 e. The van der Waals surface area contributed by atoms with Gasteiger partial charge in [0.05, 0.1) is 10.8 Å². The van der Waals surface area contributed by atoms with E-state index in [1.807, 2.05) is 13.8 Å². The highest BCUT2D eigenvalue weighted by Crippen LogP contribution is 2.16. The highest BCUT2D eigenvalue weighted by Gasteiger charge is 2.13. The predicted octanol–water partition coefficient (Wildman–Crippen LogP) is 3.19. The molecule has 1 aromatic rings. The van der Waals surface area contributed by atoms with Crippen LogP contribution in [0.5, 0.6) is 0 Å². The molecule has 0 aromatic heterocycles. The normalized spacial score (nSPS) is 14.4. The summed E-state index contributed by atoms with van der Waals surface area (Å²) in [5.74, 6) is 0.709. The maximum absolute atomic E-state index is 12.4. The van der Waals surface area contributed by atoms with Crippen molar-refractivity contribution in [2.75, 3.05) is 12.3 Å². The summed E-state index contributed by atoms with van der Waals surface area (Å²) >= 11 is 0. The van der Waals surface area contributed by atoms with Crippen LogP contribution in [0.3, 0.4) is 0 Å². The molecule has 18 heavy (non-hydrogen) atoms. The van der Waals surface area contributed by atoms with Gasteiger partial charge in [-0.15, -0.1) is 0 Å². The lowest BCUT2D eigenvalue weighted by Gasteiger charge is -2.17. The van der Waals surface area contributed by atoms with E-state index in [0.717, 1.165) is 29.8 Å². The highest BCUT2D eigenvalue weighted by molar-refractivity contribution is 7.85. The molecule has 0 aliphatic rings. The molecule has 0 fully saturated rings. The van der Waals surface area contributed by atoms with Crippen LogP contribution in [-0.4, -0.2) is 22.5 Å². The van der Waals surface area contributed by atoms with Gasteiger partial charge in [-0.05, 0) is 50.4 Å². The van der Waals surface area contributed by atoms with Gasteiger partial charge in [-0.1, -0.05) is 26.0 Å². The molecule has 1 aromatic carbocycles. The fourth-order valence-corrected chi connectivity index (χ4v) is 3.54. The topological polar surface area (TPSA) is 29.1 Å². The van der Waals surface area contributed by atoms with E-state index in [1.54, 1.807) is 0 Å². The van der Waals surface area contributed by atoms with Crippen molar-refractivity contribution in [2.24, 2.45) is 0 Å². The minimum absolute atomic E-state index is 0.352. The van der Waals surface area contributed by atoms with Crippen LogP contribution in [0.1, 0.15) is 37.8 Å². The Balaban J connectivity index is 2.71. The Hall–Kier alpha value is -0.670. The van der Waals surface area contributed by atoms with Gasteiger partial charge >= 0.3 is 0 Å². The first-order chi connectivity index (χ1) is 8.58. The average molecular weight is 267 g/mol. The first kappa shape index (κ1) is 15.4. The lowest BCUT2D eigenvalue weighted by molar-refractivity contribution is 0.533.